The van der Waals surface area contributed by atoms with Gasteiger partial charge in [0.1, 0.15) is 6.54 Å². The highest BCUT2D eigenvalue weighted by Gasteiger charge is 2.16. The molecular weight excluding hydrogens is 314 g/mol. The summed E-state index contributed by atoms with van der Waals surface area (Å²) in [6.45, 7) is 0.247. The molecule has 1 amide bonds. The molecule has 1 rings (SSSR count). The minimum absolute atomic E-state index is 0.178. The summed E-state index contributed by atoms with van der Waals surface area (Å²) < 4.78 is 5.73. The molecule has 0 atom stereocenters. The van der Waals surface area contributed by atoms with E-state index in [0.717, 1.165) is 10.0 Å². The Balaban J connectivity index is 2.73. The molecule has 0 spiro atoms. The highest BCUT2D eigenvalue weighted by Crippen LogP contribution is 2.14. The van der Waals surface area contributed by atoms with Crippen molar-refractivity contribution in [1.29, 1.82) is 0 Å². The average molecular weight is 330 g/mol. The average Bonchev–Trinajstić information content (AvgIpc) is 2.34. The number of halogens is 1. The van der Waals surface area contributed by atoms with Crippen LogP contribution in [0.4, 0.5) is 0 Å². The van der Waals surface area contributed by atoms with Crippen LogP contribution in [0.15, 0.2) is 28.7 Å². The van der Waals surface area contributed by atoms with Gasteiger partial charge in [0.15, 0.2) is 0 Å². The van der Waals surface area contributed by atoms with E-state index in [9.17, 15) is 9.59 Å². The first-order chi connectivity index (χ1) is 9.02. The van der Waals surface area contributed by atoms with Crippen LogP contribution < -0.4 is 0 Å². The van der Waals surface area contributed by atoms with E-state index in [1.165, 1.54) is 12.0 Å². The van der Waals surface area contributed by atoms with E-state index in [2.05, 4.69) is 15.9 Å². The number of hydrogen-bond acceptors (Lipinski definition) is 3. The summed E-state index contributed by atoms with van der Waals surface area (Å²) in [7, 11) is 1.50. The van der Waals surface area contributed by atoms with Crippen LogP contribution in [-0.4, -0.2) is 42.1 Å². The van der Waals surface area contributed by atoms with E-state index in [1.807, 2.05) is 24.3 Å². The number of amides is 1. The molecule has 6 heteroatoms. The Bertz CT molecular complexity index is 450. The van der Waals surface area contributed by atoms with E-state index in [-0.39, 0.29) is 32.0 Å². The summed E-state index contributed by atoms with van der Waals surface area (Å²) in [6.07, 6.45) is 0.178. The van der Waals surface area contributed by atoms with E-state index in [4.69, 9.17) is 9.84 Å². The molecule has 5 nitrogen and oxygen atoms in total. The number of nitrogens with zero attached hydrogens (tertiary/aromatic N) is 1. The number of hydrogen-bond donors (Lipinski definition) is 1. The number of carboxylic acid groups (broad SMARTS) is 1. The van der Waals surface area contributed by atoms with Crippen molar-refractivity contribution in [3.8, 4) is 0 Å². The zero-order valence-corrected chi connectivity index (χ0v) is 12.2. The molecule has 0 unspecified atom stereocenters. The van der Waals surface area contributed by atoms with E-state index < -0.39 is 5.97 Å². The Morgan fingerprint density at radius 1 is 1.42 bits per heavy atom. The molecule has 0 aliphatic carbocycles. The van der Waals surface area contributed by atoms with E-state index in [1.54, 1.807) is 0 Å². The number of carbonyl (C=O) groups excluding carboxylic acids is 1. The van der Waals surface area contributed by atoms with Crippen LogP contribution in [0.2, 0.25) is 0 Å². The molecule has 0 heterocycles. The standard InChI is InChI=1S/C13H16BrNO4/c1-19-6-5-12(16)15(9-13(17)18)8-10-3-2-4-11(14)7-10/h2-4,7H,5-6,8-9H2,1H3,(H,17,18). The van der Waals surface area contributed by atoms with Crippen LogP contribution in [0.5, 0.6) is 0 Å². The van der Waals surface area contributed by atoms with Gasteiger partial charge in [0.2, 0.25) is 5.91 Å². The largest absolute Gasteiger partial charge is 0.480 e. The fourth-order valence-corrected chi connectivity index (χ4v) is 2.05. The Labute approximate surface area is 120 Å². The number of aliphatic carboxylic acids is 1. The zero-order chi connectivity index (χ0) is 14.3. The van der Waals surface area contributed by atoms with Crippen LogP contribution in [-0.2, 0) is 20.9 Å². The minimum Gasteiger partial charge on any atom is -0.480 e. The molecule has 0 saturated carbocycles. The van der Waals surface area contributed by atoms with Crippen LogP contribution in [0.1, 0.15) is 12.0 Å². The third-order valence-corrected chi connectivity index (χ3v) is 2.95. The van der Waals surface area contributed by atoms with Crippen molar-refractivity contribution in [2.75, 3.05) is 20.3 Å². The first-order valence-electron chi connectivity index (χ1n) is 5.76. The minimum atomic E-state index is -1.03. The predicted molar refractivity (Wildman–Crippen MR) is 73.7 cm³/mol. The van der Waals surface area contributed by atoms with Crippen LogP contribution in [0, 0.1) is 0 Å². The Kier molecular flexibility index (Phi) is 6.52. The maximum atomic E-state index is 11.9. The molecule has 104 valence electrons. The second-order valence-corrected chi connectivity index (χ2v) is 4.93. The summed E-state index contributed by atoms with van der Waals surface area (Å²) in [6, 6.07) is 7.43. The van der Waals surface area contributed by atoms with Gasteiger partial charge in [0.05, 0.1) is 13.0 Å². The van der Waals surface area contributed by atoms with Crippen LogP contribution in [0.3, 0.4) is 0 Å². The Morgan fingerprint density at radius 2 is 2.16 bits per heavy atom. The summed E-state index contributed by atoms with van der Waals surface area (Å²) in [5.74, 6) is -1.26. The summed E-state index contributed by atoms with van der Waals surface area (Å²) in [5.41, 5.74) is 0.876. The number of benzene rings is 1. The van der Waals surface area contributed by atoms with Gasteiger partial charge < -0.3 is 14.7 Å². The second-order valence-electron chi connectivity index (χ2n) is 4.02. The van der Waals surface area contributed by atoms with Gasteiger partial charge in [-0.2, -0.15) is 0 Å². The fourth-order valence-electron chi connectivity index (χ4n) is 1.60. The molecule has 1 aromatic carbocycles. The molecule has 1 aromatic rings. The molecule has 19 heavy (non-hydrogen) atoms. The van der Waals surface area contributed by atoms with Gasteiger partial charge in [-0.3, -0.25) is 9.59 Å². The van der Waals surface area contributed by atoms with Crippen molar-refractivity contribution in [3.05, 3.63) is 34.3 Å². The highest BCUT2D eigenvalue weighted by molar-refractivity contribution is 9.10. The summed E-state index contributed by atoms with van der Waals surface area (Å²) >= 11 is 3.34. The number of rotatable bonds is 7. The molecule has 0 fully saturated rings. The number of ether oxygens (including phenoxy) is 1. The highest BCUT2D eigenvalue weighted by atomic mass is 79.9. The lowest BCUT2D eigenvalue weighted by Gasteiger charge is -2.20. The smallest absolute Gasteiger partial charge is 0.323 e. The molecule has 0 saturated heterocycles. The molecule has 0 aliphatic rings. The topological polar surface area (TPSA) is 66.8 Å². The maximum Gasteiger partial charge on any atom is 0.323 e. The van der Waals surface area contributed by atoms with E-state index >= 15 is 0 Å². The van der Waals surface area contributed by atoms with Gasteiger partial charge in [-0.25, -0.2) is 0 Å². The predicted octanol–water partition coefficient (Wildman–Crippen LogP) is 1.90. The van der Waals surface area contributed by atoms with Crippen molar-refractivity contribution in [2.24, 2.45) is 0 Å². The van der Waals surface area contributed by atoms with Crippen molar-refractivity contribution in [2.45, 2.75) is 13.0 Å². The van der Waals surface area contributed by atoms with Gasteiger partial charge in [0.25, 0.3) is 0 Å². The van der Waals surface area contributed by atoms with Gasteiger partial charge in [-0.15, -0.1) is 0 Å². The second kappa shape index (κ2) is 7.91. The Hall–Kier alpha value is -1.40. The SMILES string of the molecule is COCCC(=O)N(CC(=O)O)Cc1cccc(Br)c1. The normalized spacial score (nSPS) is 10.2. The van der Waals surface area contributed by atoms with Crippen molar-refractivity contribution < 1.29 is 19.4 Å². The van der Waals surface area contributed by atoms with Crippen LogP contribution in [0.25, 0.3) is 0 Å². The molecular formula is C13H16BrNO4. The first kappa shape index (κ1) is 15.7. The molecule has 0 aromatic heterocycles. The summed E-state index contributed by atoms with van der Waals surface area (Å²) in [4.78, 5) is 24.0. The quantitative estimate of drug-likeness (QED) is 0.829. The third-order valence-electron chi connectivity index (χ3n) is 2.46. The van der Waals surface area contributed by atoms with Crippen LogP contribution >= 0.6 is 15.9 Å². The Morgan fingerprint density at radius 3 is 2.74 bits per heavy atom. The van der Waals surface area contributed by atoms with Gasteiger partial charge >= 0.3 is 5.97 Å². The van der Waals surface area contributed by atoms with Gasteiger partial charge in [-0.1, -0.05) is 28.1 Å². The monoisotopic (exact) mass is 329 g/mol. The first-order valence-corrected chi connectivity index (χ1v) is 6.55. The van der Waals surface area contributed by atoms with E-state index in [0.29, 0.717) is 0 Å². The van der Waals surface area contributed by atoms with Gasteiger partial charge in [-0.05, 0) is 17.7 Å². The lowest BCUT2D eigenvalue weighted by atomic mass is 10.2. The van der Waals surface area contributed by atoms with Crippen molar-refractivity contribution in [3.63, 3.8) is 0 Å². The van der Waals surface area contributed by atoms with Gasteiger partial charge in [0, 0.05) is 18.1 Å². The van der Waals surface area contributed by atoms with Crippen molar-refractivity contribution in [1.82, 2.24) is 4.90 Å². The number of carboxylic acids is 1. The lowest BCUT2D eigenvalue weighted by Crippen LogP contribution is -2.35. The molecule has 0 radical (unpaired) electrons. The summed E-state index contributed by atoms with van der Waals surface area (Å²) in [5, 5.41) is 8.86. The zero-order valence-electron chi connectivity index (χ0n) is 10.6. The maximum absolute atomic E-state index is 11.9. The molecule has 0 aliphatic heterocycles. The number of methoxy groups -OCH3 is 1. The lowest BCUT2D eigenvalue weighted by molar-refractivity contribution is -0.145. The molecule has 1 N–H and O–H groups in total. The number of carbonyl (C=O) groups is 2. The molecule has 0 bridgehead atoms. The van der Waals surface area contributed by atoms with Crippen molar-refractivity contribution >= 4 is 27.8 Å². The third kappa shape index (κ3) is 5.85. The fraction of sp³-hybridized carbons (Fsp3) is 0.385.